The van der Waals surface area contributed by atoms with Crippen LogP contribution in [-0.2, 0) is 13.1 Å². The largest absolute Gasteiger partial charge is 0.497 e. The van der Waals surface area contributed by atoms with E-state index < -0.39 is 0 Å². The number of aromatic nitrogens is 1. The maximum absolute atomic E-state index is 5.40. The zero-order chi connectivity index (χ0) is 22.9. The van der Waals surface area contributed by atoms with E-state index in [0.29, 0.717) is 12.6 Å². The van der Waals surface area contributed by atoms with Crippen LogP contribution in [0, 0.1) is 0 Å². The molecule has 1 aliphatic heterocycles. The van der Waals surface area contributed by atoms with E-state index in [1.807, 2.05) is 37.3 Å². The number of ether oxygens (including phenoxy) is 2. The van der Waals surface area contributed by atoms with Crippen molar-refractivity contribution in [1.29, 1.82) is 0 Å². The minimum Gasteiger partial charge on any atom is -0.497 e. The van der Waals surface area contributed by atoms with E-state index >= 15 is 0 Å². The molecule has 1 aliphatic rings. The van der Waals surface area contributed by atoms with Crippen molar-refractivity contribution >= 4 is 11.8 Å². The second-order valence-electron chi connectivity index (χ2n) is 8.20. The number of nitrogens with zero attached hydrogens (tertiary/aromatic N) is 4. The van der Waals surface area contributed by atoms with E-state index in [1.165, 1.54) is 5.56 Å². The van der Waals surface area contributed by atoms with Crippen LogP contribution in [0.2, 0.25) is 0 Å². The molecular formula is C24H36N6O2. The van der Waals surface area contributed by atoms with Gasteiger partial charge in [-0.1, -0.05) is 0 Å². The summed E-state index contributed by atoms with van der Waals surface area (Å²) in [6.45, 7) is 6.38. The molecule has 2 heterocycles. The van der Waals surface area contributed by atoms with E-state index in [0.717, 1.165) is 61.4 Å². The molecule has 1 unspecified atom stereocenters. The molecule has 1 aromatic carbocycles. The van der Waals surface area contributed by atoms with Gasteiger partial charge in [0.05, 0.1) is 20.8 Å². The lowest BCUT2D eigenvalue weighted by Gasteiger charge is -2.19. The van der Waals surface area contributed by atoms with Gasteiger partial charge in [-0.05, 0) is 48.7 Å². The Balaban J connectivity index is 1.58. The zero-order valence-electron chi connectivity index (χ0n) is 19.9. The Morgan fingerprint density at radius 1 is 1.16 bits per heavy atom. The molecule has 174 valence electrons. The van der Waals surface area contributed by atoms with Gasteiger partial charge in [-0.15, -0.1) is 0 Å². The molecule has 8 nitrogen and oxygen atoms in total. The lowest BCUT2D eigenvalue weighted by molar-refractivity contribution is 0.321. The average Bonchev–Trinajstić information content (AvgIpc) is 3.24. The van der Waals surface area contributed by atoms with Crippen LogP contribution in [0.15, 0.2) is 41.5 Å². The average molecular weight is 441 g/mol. The fourth-order valence-corrected chi connectivity index (χ4v) is 3.80. The molecule has 1 fully saturated rings. The van der Waals surface area contributed by atoms with E-state index in [2.05, 4.69) is 45.6 Å². The second kappa shape index (κ2) is 11.6. The number of hydrogen-bond acceptors (Lipinski definition) is 6. The predicted molar refractivity (Wildman–Crippen MR) is 130 cm³/mol. The maximum atomic E-state index is 5.40. The number of aliphatic imine (C=N–C) groups is 1. The van der Waals surface area contributed by atoms with Gasteiger partial charge in [0.25, 0.3) is 0 Å². The summed E-state index contributed by atoms with van der Waals surface area (Å²) in [6.07, 6.45) is 2.91. The standard InChI is InChI=1S/C24H36N6O2/c1-6-25-24(27-15-18-7-9-26-23(13-18)29(2)3)28-20-8-10-30(17-20)16-19-11-21(31-4)14-22(12-19)32-5/h7,9,11-14,20H,6,8,10,15-17H2,1-5H3,(H2,25,27,28). The van der Waals surface area contributed by atoms with Crippen LogP contribution in [0.3, 0.4) is 0 Å². The van der Waals surface area contributed by atoms with Gasteiger partial charge in [-0.2, -0.15) is 0 Å². The number of nitrogens with one attached hydrogen (secondary N) is 2. The first-order valence-electron chi connectivity index (χ1n) is 11.1. The summed E-state index contributed by atoms with van der Waals surface area (Å²) >= 11 is 0. The highest BCUT2D eigenvalue weighted by atomic mass is 16.5. The molecule has 0 bridgehead atoms. The van der Waals surface area contributed by atoms with Crippen molar-refractivity contribution in [2.75, 3.05) is 52.8 Å². The number of benzene rings is 1. The van der Waals surface area contributed by atoms with Gasteiger partial charge in [0.2, 0.25) is 0 Å². The monoisotopic (exact) mass is 440 g/mol. The van der Waals surface area contributed by atoms with Crippen molar-refractivity contribution in [3.8, 4) is 11.5 Å². The van der Waals surface area contributed by atoms with Crippen molar-refractivity contribution in [2.45, 2.75) is 32.5 Å². The normalized spacial score (nSPS) is 16.7. The van der Waals surface area contributed by atoms with Crippen molar-refractivity contribution in [2.24, 2.45) is 4.99 Å². The summed E-state index contributed by atoms with van der Waals surface area (Å²) in [5, 5.41) is 6.98. The van der Waals surface area contributed by atoms with Gasteiger partial charge in [0.1, 0.15) is 17.3 Å². The molecule has 0 radical (unpaired) electrons. The van der Waals surface area contributed by atoms with E-state index in [4.69, 9.17) is 14.5 Å². The number of guanidine groups is 1. The number of anilines is 1. The van der Waals surface area contributed by atoms with Gasteiger partial charge in [0.15, 0.2) is 5.96 Å². The van der Waals surface area contributed by atoms with Crippen LogP contribution in [0.5, 0.6) is 11.5 Å². The summed E-state index contributed by atoms with van der Waals surface area (Å²) in [6, 6.07) is 10.5. The SMILES string of the molecule is CCNC(=NCc1ccnc(N(C)C)c1)NC1CCN(Cc2cc(OC)cc(OC)c2)C1. The molecule has 0 saturated carbocycles. The highest BCUT2D eigenvalue weighted by Crippen LogP contribution is 2.24. The summed E-state index contributed by atoms with van der Waals surface area (Å²) in [5.41, 5.74) is 2.33. The number of methoxy groups -OCH3 is 2. The third-order valence-electron chi connectivity index (χ3n) is 5.46. The minimum absolute atomic E-state index is 0.357. The summed E-state index contributed by atoms with van der Waals surface area (Å²) in [7, 11) is 7.36. The Bertz CT molecular complexity index is 880. The van der Waals surface area contributed by atoms with E-state index in [-0.39, 0.29) is 0 Å². The number of hydrogen-bond donors (Lipinski definition) is 2. The molecule has 1 aromatic heterocycles. The first kappa shape index (κ1) is 23.7. The first-order valence-corrected chi connectivity index (χ1v) is 11.1. The number of likely N-dealkylation sites (tertiary alicyclic amines) is 1. The lowest BCUT2D eigenvalue weighted by atomic mass is 10.2. The zero-order valence-corrected chi connectivity index (χ0v) is 19.9. The van der Waals surface area contributed by atoms with Crippen LogP contribution in [0.1, 0.15) is 24.5 Å². The van der Waals surface area contributed by atoms with Gasteiger partial charge < -0.3 is 25.0 Å². The quantitative estimate of drug-likeness (QED) is 0.458. The van der Waals surface area contributed by atoms with Crippen LogP contribution >= 0.6 is 0 Å². The third-order valence-corrected chi connectivity index (χ3v) is 5.46. The molecule has 2 aromatic rings. The van der Waals surface area contributed by atoms with Crippen LogP contribution in [0.25, 0.3) is 0 Å². The van der Waals surface area contributed by atoms with Gasteiger partial charge >= 0.3 is 0 Å². The summed E-state index contributed by atoms with van der Waals surface area (Å²) in [5.74, 6) is 3.44. The first-order chi connectivity index (χ1) is 15.5. The van der Waals surface area contributed by atoms with Gasteiger partial charge in [0, 0.05) is 58.6 Å². The highest BCUT2D eigenvalue weighted by molar-refractivity contribution is 5.80. The Hall–Kier alpha value is -3.00. The van der Waals surface area contributed by atoms with Gasteiger partial charge in [-0.25, -0.2) is 9.98 Å². The molecular weight excluding hydrogens is 404 g/mol. The molecule has 0 amide bonds. The molecule has 32 heavy (non-hydrogen) atoms. The Morgan fingerprint density at radius 2 is 1.91 bits per heavy atom. The topological polar surface area (TPSA) is 74.3 Å². The predicted octanol–water partition coefficient (Wildman–Crippen LogP) is 2.49. The molecule has 1 saturated heterocycles. The Morgan fingerprint density at radius 3 is 2.56 bits per heavy atom. The lowest BCUT2D eigenvalue weighted by Crippen LogP contribution is -2.44. The second-order valence-corrected chi connectivity index (χ2v) is 8.20. The molecule has 0 aliphatic carbocycles. The molecule has 2 N–H and O–H groups in total. The van der Waals surface area contributed by atoms with Crippen molar-refractivity contribution in [3.63, 3.8) is 0 Å². The van der Waals surface area contributed by atoms with Crippen molar-refractivity contribution < 1.29 is 9.47 Å². The summed E-state index contributed by atoms with van der Waals surface area (Å²) in [4.78, 5) is 13.6. The highest BCUT2D eigenvalue weighted by Gasteiger charge is 2.23. The summed E-state index contributed by atoms with van der Waals surface area (Å²) < 4.78 is 10.8. The Kier molecular flexibility index (Phi) is 8.56. The van der Waals surface area contributed by atoms with E-state index in [1.54, 1.807) is 14.2 Å². The fraction of sp³-hybridized carbons (Fsp3) is 0.500. The number of pyridine rings is 1. The van der Waals surface area contributed by atoms with Crippen molar-refractivity contribution in [3.05, 3.63) is 47.7 Å². The van der Waals surface area contributed by atoms with Crippen LogP contribution in [0.4, 0.5) is 5.82 Å². The molecule has 3 rings (SSSR count). The van der Waals surface area contributed by atoms with Gasteiger partial charge in [-0.3, -0.25) is 4.90 Å². The Labute approximate surface area is 191 Å². The molecule has 0 spiro atoms. The fourth-order valence-electron chi connectivity index (χ4n) is 3.80. The van der Waals surface area contributed by atoms with Crippen molar-refractivity contribution in [1.82, 2.24) is 20.5 Å². The van der Waals surface area contributed by atoms with Crippen LogP contribution in [-0.4, -0.2) is 69.8 Å². The van der Waals surface area contributed by atoms with Crippen LogP contribution < -0.4 is 25.0 Å². The molecule has 1 atom stereocenters. The minimum atomic E-state index is 0.357. The number of rotatable bonds is 9. The maximum Gasteiger partial charge on any atom is 0.191 e. The smallest absolute Gasteiger partial charge is 0.191 e. The van der Waals surface area contributed by atoms with E-state index in [9.17, 15) is 0 Å². The third kappa shape index (κ3) is 6.75. The molecule has 8 heteroatoms.